The summed E-state index contributed by atoms with van der Waals surface area (Å²) in [6.07, 6.45) is 2.61. The Morgan fingerprint density at radius 2 is 2.06 bits per heavy atom. The van der Waals surface area contributed by atoms with Gasteiger partial charge in [-0.3, -0.25) is 0 Å². The number of nitrogens with zero attached hydrogens (tertiary/aromatic N) is 1. The summed E-state index contributed by atoms with van der Waals surface area (Å²) in [6.45, 7) is 3.27. The molecule has 0 saturated carbocycles. The quantitative estimate of drug-likeness (QED) is 0.807. The molecule has 3 heteroatoms. The first kappa shape index (κ1) is 13.3. The maximum absolute atomic E-state index is 5.77. The summed E-state index contributed by atoms with van der Waals surface area (Å²) in [5.41, 5.74) is 0. The number of benzene rings is 1. The number of hydrogen-bond donors (Lipinski definition) is 0. The van der Waals surface area contributed by atoms with Crippen molar-refractivity contribution in [3.8, 4) is 5.75 Å². The lowest BCUT2D eigenvalue weighted by Gasteiger charge is -2.29. The summed E-state index contributed by atoms with van der Waals surface area (Å²) in [7, 11) is 2.19. The molecule has 90 valence electrons. The molecule has 0 amide bonds. The average Bonchev–Trinajstić information content (AvgIpc) is 2.28. The van der Waals surface area contributed by atoms with Gasteiger partial charge in [0.05, 0.1) is 6.61 Å². The summed E-state index contributed by atoms with van der Waals surface area (Å²) >= 11 is 0. The topological polar surface area (TPSA) is 12.5 Å². The van der Waals surface area contributed by atoms with Gasteiger partial charge in [-0.2, -0.15) is 0 Å². The SMILES string of the molecule is CN1CCC[C@H](COc2ccccc2)C1.Cl. The highest BCUT2D eigenvalue weighted by molar-refractivity contribution is 5.85. The zero-order valence-electron chi connectivity index (χ0n) is 9.76. The van der Waals surface area contributed by atoms with Gasteiger partial charge >= 0.3 is 0 Å². The summed E-state index contributed by atoms with van der Waals surface area (Å²) in [5.74, 6) is 1.69. The van der Waals surface area contributed by atoms with Gasteiger partial charge in [-0.05, 0) is 38.6 Å². The van der Waals surface area contributed by atoms with Gasteiger partial charge in [0.1, 0.15) is 5.75 Å². The fourth-order valence-corrected chi connectivity index (χ4v) is 2.14. The third kappa shape index (κ3) is 4.03. The van der Waals surface area contributed by atoms with E-state index in [1.165, 1.54) is 25.9 Å². The van der Waals surface area contributed by atoms with Crippen LogP contribution >= 0.6 is 12.4 Å². The molecule has 0 bridgehead atoms. The van der Waals surface area contributed by atoms with Crippen LogP contribution in [0.4, 0.5) is 0 Å². The molecule has 0 spiro atoms. The van der Waals surface area contributed by atoms with Crippen LogP contribution < -0.4 is 4.74 Å². The van der Waals surface area contributed by atoms with Gasteiger partial charge in [0.15, 0.2) is 0 Å². The van der Waals surface area contributed by atoms with Crippen LogP contribution in [0.15, 0.2) is 30.3 Å². The molecule has 2 rings (SSSR count). The molecule has 0 unspecified atom stereocenters. The Morgan fingerprint density at radius 3 is 2.75 bits per heavy atom. The standard InChI is InChI=1S/C13H19NO.ClH/c1-14-9-5-6-12(10-14)11-15-13-7-3-2-4-8-13;/h2-4,7-8,12H,5-6,9-11H2,1H3;1H/t12-;/m0./s1. The summed E-state index contributed by atoms with van der Waals surface area (Å²) < 4.78 is 5.77. The van der Waals surface area contributed by atoms with E-state index in [-0.39, 0.29) is 12.4 Å². The van der Waals surface area contributed by atoms with Crippen molar-refractivity contribution in [2.24, 2.45) is 5.92 Å². The van der Waals surface area contributed by atoms with Gasteiger partial charge in [0.25, 0.3) is 0 Å². The first-order valence-electron chi connectivity index (χ1n) is 5.71. The van der Waals surface area contributed by atoms with Crippen molar-refractivity contribution in [1.82, 2.24) is 4.90 Å². The molecular weight excluding hydrogens is 222 g/mol. The van der Waals surface area contributed by atoms with Crippen molar-refractivity contribution in [3.05, 3.63) is 30.3 Å². The largest absolute Gasteiger partial charge is 0.493 e. The first-order chi connectivity index (χ1) is 7.34. The second kappa shape index (κ2) is 6.77. The zero-order valence-corrected chi connectivity index (χ0v) is 10.6. The molecule has 2 nitrogen and oxygen atoms in total. The number of likely N-dealkylation sites (tertiary alicyclic amines) is 1. The van der Waals surface area contributed by atoms with Crippen LogP contribution in [0.1, 0.15) is 12.8 Å². The Labute approximate surface area is 104 Å². The van der Waals surface area contributed by atoms with Crippen molar-refractivity contribution >= 4 is 12.4 Å². The zero-order chi connectivity index (χ0) is 10.5. The van der Waals surface area contributed by atoms with Gasteiger partial charge in [-0.15, -0.1) is 12.4 Å². The molecule has 0 N–H and O–H groups in total. The Bertz CT molecular complexity index is 291. The molecule has 1 heterocycles. The van der Waals surface area contributed by atoms with Gasteiger partial charge < -0.3 is 9.64 Å². The van der Waals surface area contributed by atoms with E-state index in [1.54, 1.807) is 0 Å². The molecule has 1 fully saturated rings. The van der Waals surface area contributed by atoms with Crippen LogP contribution in [0, 0.1) is 5.92 Å². The number of piperidine rings is 1. The van der Waals surface area contributed by atoms with Crippen molar-refractivity contribution in [2.45, 2.75) is 12.8 Å². The predicted octanol–water partition coefficient (Wildman–Crippen LogP) is 2.83. The van der Waals surface area contributed by atoms with Gasteiger partial charge in [0.2, 0.25) is 0 Å². The van der Waals surface area contributed by atoms with E-state index in [9.17, 15) is 0 Å². The summed E-state index contributed by atoms with van der Waals surface area (Å²) in [5, 5.41) is 0. The first-order valence-corrected chi connectivity index (χ1v) is 5.71. The van der Waals surface area contributed by atoms with Crippen LogP contribution in [0.5, 0.6) is 5.75 Å². The molecule has 0 aromatic heterocycles. The van der Waals surface area contributed by atoms with E-state index in [0.29, 0.717) is 5.92 Å². The average molecular weight is 242 g/mol. The third-order valence-corrected chi connectivity index (χ3v) is 2.95. The summed E-state index contributed by atoms with van der Waals surface area (Å²) in [6, 6.07) is 10.1. The second-order valence-corrected chi connectivity index (χ2v) is 4.39. The Kier molecular flexibility index (Phi) is 5.64. The predicted molar refractivity (Wildman–Crippen MR) is 69.4 cm³/mol. The molecule has 16 heavy (non-hydrogen) atoms. The van der Waals surface area contributed by atoms with E-state index in [1.807, 2.05) is 30.3 Å². The molecule has 1 aromatic rings. The third-order valence-electron chi connectivity index (χ3n) is 2.95. The highest BCUT2D eigenvalue weighted by Crippen LogP contribution is 2.17. The highest BCUT2D eigenvalue weighted by Gasteiger charge is 2.17. The fourth-order valence-electron chi connectivity index (χ4n) is 2.14. The molecule has 1 aromatic carbocycles. The number of ether oxygens (including phenoxy) is 1. The van der Waals surface area contributed by atoms with E-state index >= 15 is 0 Å². The number of rotatable bonds is 3. The second-order valence-electron chi connectivity index (χ2n) is 4.39. The Morgan fingerprint density at radius 1 is 1.31 bits per heavy atom. The summed E-state index contributed by atoms with van der Waals surface area (Å²) in [4.78, 5) is 2.39. The molecule has 1 aliphatic rings. The van der Waals surface area contributed by atoms with Crippen molar-refractivity contribution in [1.29, 1.82) is 0 Å². The lowest BCUT2D eigenvalue weighted by Crippen LogP contribution is -2.34. The van der Waals surface area contributed by atoms with E-state index in [4.69, 9.17) is 4.74 Å². The van der Waals surface area contributed by atoms with Gasteiger partial charge in [0, 0.05) is 12.5 Å². The van der Waals surface area contributed by atoms with Crippen molar-refractivity contribution in [2.75, 3.05) is 26.7 Å². The van der Waals surface area contributed by atoms with Crippen LogP contribution in [0.25, 0.3) is 0 Å². The smallest absolute Gasteiger partial charge is 0.119 e. The minimum Gasteiger partial charge on any atom is -0.493 e. The van der Waals surface area contributed by atoms with E-state index in [2.05, 4.69) is 11.9 Å². The fraction of sp³-hybridized carbons (Fsp3) is 0.538. The van der Waals surface area contributed by atoms with Gasteiger partial charge in [-0.25, -0.2) is 0 Å². The minimum atomic E-state index is 0. The molecule has 0 aliphatic carbocycles. The number of hydrogen-bond acceptors (Lipinski definition) is 2. The number of halogens is 1. The monoisotopic (exact) mass is 241 g/mol. The maximum atomic E-state index is 5.77. The van der Waals surface area contributed by atoms with Crippen LogP contribution in [-0.2, 0) is 0 Å². The minimum absolute atomic E-state index is 0. The van der Waals surface area contributed by atoms with Crippen molar-refractivity contribution < 1.29 is 4.74 Å². The lowest BCUT2D eigenvalue weighted by atomic mass is 10.00. The Hall–Kier alpha value is -0.730. The normalized spacial score (nSPS) is 21.2. The van der Waals surface area contributed by atoms with Crippen LogP contribution in [-0.4, -0.2) is 31.6 Å². The molecule has 1 saturated heterocycles. The number of para-hydroxylation sites is 1. The molecule has 1 aliphatic heterocycles. The van der Waals surface area contributed by atoms with E-state index < -0.39 is 0 Å². The maximum Gasteiger partial charge on any atom is 0.119 e. The van der Waals surface area contributed by atoms with Crippen LogP contribution in [0.2, 0.25) is 0 Å². The highest BCUT2D eigenvalue weighted by atomic mass is 35.5. The van der Waals surface area contributed by atoms with Gasteiger partial charge in [-0.1, -0.05) is 18.2 Å². The lowest BCUT2D eigenvalue weighted by molar-refractivity contribution is 0.150. The van der Waals surface area contributed by atoms with Crippen LogP contribution in [0.3, 0.4) is 0 Å². The molecule has 0 radical (unpaired) electrons. The van der Waals surface area contributed by atoms with E-state index in [0.717, 1.165) is 12.4 Å². The van der Waals surface area contributed by atoms with Crippen molar-refractivity contribution in [3.63, 3.8) is 0 Å². The molecule has 1 atom stereocenters. The Balaban J connectivity index is 0.00000128. The molecular formula is C13H20ClNO.